The SMILES string of the molecule is N#Cc1cnn2cc(OCC3(C#N)CC3)cc(-c3ccc(N4CCC(Oc5ccccn5)CC4)nc3)c12. The minimum absolute atomic E-state index is 0.142. The molecule has 6 rings (SSSR count). The minimum Gasteiger partial charge on any atom is -0.490 e. The van der Waals surface area contributed by atoms with Crippen molar-refractivity contribution in [3.63, 3.8) is 0 Å². The van der Waals surface area contributed by atoms with E-state index in [9.17, 15) is 10.5 Å². The van der Waals surface area contributed by atoms with Gasteiger partial charge in [-0.15, -0.1) is 0 Å². The van der Waals surface area contributed by atoms with Crippen LogP contribution < -0.4 is 14.4 Å². The van der Waals surface area contributed by atoms with Gasteiger partial charge in [0.2, 0.25) is 5.88 Å². The lowest BCUT2D eigenvalue weighted by Gasteiger charge is -2.32. The summed E-state index contributed by atoms with van der Waals surface area (Å²) >= 11 is 0. The van der Waals surface area contributed by atoms with Gasteiger partial charge in [-0.2, -0.15) is 15.6 Å². The molecule has 0 radical (unpaired) electrons. The Bertz CT molecular complexity index is 1490. The third kappa shape index (κ3) is 4.64. The Labute approximate surface area is 214 Å². The highest BCUT2D eigenvalue weighted by molar-refractivity contribution is 5.85. The Morgan fingerprint density at radius 1 is 1.05 bits per heavy atom. The number of piperidine rings is 1. The topological polar surface area (TPSA) is 112 Å². The maximum absolute atomic E-state index is 9.64. The second kappa shape index (κ2) is 9.44. The summed E-state index contributed by atoms with van der Waals surface area (Å²) in [6.45, 7) is 2.04. The Hall–Kier alpha value is -4.63. The monoisotopic (exact) mass is 491 g/mol. The van der Waals surface area contributed by atoms with Gasteiger partial charge in [0.15, 0.2) is 0 Å². The van der Waals surface area contributed by atoms with Crippen LogP contribution in [0, 0.1) is 28.1 Å². The summed E-state index contributed by atoms with van der Waals surface area (Å²) in [6, 6.07) is 16.2. The molecule has 9 heteroatoms. The number of nitrogens with zero attached hydrogens (tertiary/aromatic N) is 7. The van der Waals surface area contributed by atoms with Gasteiger partial charge in [-0.05, 0) is 37.1 Å². The first-order chi connectivity index (χ1) is 18.2. The number of hydrogen-bond acceptors (Lipinski definition) is 8. The largest absolute Gasteiger partial charge is 0.490 e. The van der Waals surface area contributed by atoms with E-state index in [1.165, 1.54) is 0 Å². The van der Waals surface area contributed by atoms with Gasteiger partial charge in [-0.1, -0.05) is 6.07 Å². The number of anilines is 1. The van der Waals surface area contributed by atoms with Crippen LogP contribution in [0.2, 0.25) is 0 Å². The third-order valence-corrected chi connectivity index (χ3v) is 7.06. The zero-order valence-electron chi connectivity index (χ0n) is 20.2. The molecule has 184 valence electrons. The van der Waals surface area contributed by atoms with E-state index in [4.69, 9.17) is 14.5 Å². The van der Waals surface area contributed by atoms with Crippen molar-refractivity contribution in [2.75, 3.05) is 24.6 Å². The molecule has 1 saturated carbocycles. The smallest absolute Gasteiger partial charge is 0.213 e. The molecule has 1 saturated heterocycles. The van der Waals surface area contributed by atoms with Crippen LogP contribution in [0.15, 0.2) is 61.2 Å². The van der Waals surface area contributed by atoms with Crippen molar-refractivity contribution in [2.45, 2.75) is 31.8 Å². The van der Waals surface area contributed by atoms with Crippen LogP contribution >= 0.6 is 0 Å². The highest BCUT2D eigenvalue weighted by atomic mass is 16.5. The first-order valence-corrected chi connectivity index (χ1v) is 12.4. The van der Waals surface area contributed by atoms with Crippen LogP contribution in [-0.4, -0.2) is 45.4 Å². The van der Waals surface area contributed by atoms with Gasteiger partial charge in [0, 0.05) is 55.5 Å². The first kappa shape index (κ1) is 22.8. The van der Waals surface area contributed by atoms with Crippen molar-refractivity contribution in [2.24, 2.45) is 5.41 Å². The molecule has 4 aromatic rings. The van der Waals surface area contributed by atoms with Crippen LogP contribution in [0.3, 0.4) is 0 Å². The Morgan fingerprint density at radius 3 is 2.59 bits per heavy atom. The quantitative estimate of drug-likeness (QED) is 0.374. The Kier molecular flexibility index (Phi) is 5.82. The van der Waals surface area contributed by atoms with Crippen LogP contribution in [0.1, 0.15) is 31.2 Å². The molecule has 0 bridgehead atoms. The molecule has 0 atom stereocenters. The number of hydrogen-bond donors (Lipinski definition) is 0. The van der Waals surface area contributed by atoms with Crippen molar-refractivity contribution in [3.05, 3.63) is 66.7 Å². The molecule has 0 amide bonds. The first-order valence-electron chi connectivity index (χ1n) is 12.4. The van der Waals surface area contributed by atoms with E-state index in [1.807, 2.05) is 42.6 Å². The summed E-state index contributed by atoms with van der Waals surface area (Å²) in [5.41, 5.74) is 2.49. The Morgan fingerprint density at radius 2 is 1.92 bits per heavy atom. The molecule has 1 aliphatic carbocycles. The van der Waals surface area contributed by atoms with Crippen molar-refractivity contribution < 1.29 is 9.47 Å². The van der Waals surface area contributed by atoms with Crippen molar-refractivity contribution in [3.8, 4) is 34.9 Å². The summed E-state index contributed by atoms with van der Waals surface area (Å²) in [5, 5.41) is 23.4. The van der Waals surface area contributed by atoms with Gasteiger partial charge < -0.3 is 14.4 Å². The molecular weight excluding hydrogens is 466 g/mol. The molecule has 5 heterocycles. The number of aromatic nitrogens is 4. The summed E-state index contributed by atoms with van der Waals surface area (Å²) in [7, 11) is 0. The van der Waals surface area contributed by atoms with Gasteiger partial charge in [-0.3, -0.25) is 0 Å². The zero-order chi connectivity index (χ0) is 25.2. The molecule has 0 spiro atoms. The maximum atomic E-state index is 9.64. The molecule has 1 aliphatic heterocycles. The highest BCUT2D eigenvalue weighted by Gasteiger charge is 2.44. The van der Waals surface area contributed by atoms with Gasteiger partial charge >= 0.3 is 0 Å². The average Bonchev–Trinajstić information content (AvgIpc) is 3.63. The van der Waals surface area contributed by atoms with Gasteiger partial charge in [0.1, 0.15) is 30.3 Å². The zero-order valence-corrected chi connectivity index (χ0v) is 20.2. The van der Waals surface area contributed by atoms with E-state index < -0.39 is 0 Å². The van der Waals surface area contributed by atoms with E-state index >= 15 is 0 Å². The van der Waals surface area contributed by atoms with E-state index in [-0.39, 0.29) is 11.5 Å². The summed E-state index contributed by atoms with van der Waals surface area (Å²) < 4.78 is 13.7. The molecule has 0 unspecified atom stereocenters. The summed E-state index contributed by atoms with van der Waals surface area (Å²) in [4.78, 5) is 11.3. The van der Waals surface area contributed by atoms with Crippen LogP contribution in [-0.2, 0) is 0 Å². The van der Waals surface area contributed by atoms with Crippen molar-refractivity contribution in [1.82, 2.24) is 19.6 Å². The lowest BCUT2D eigenvalue weighted by atomic mass is 10.0. The van der Waals surface area contributed by atoms with Gasteiger partial charge in [-0.25, -0.2) is 14.5 Å². The van der Waals surface area contributed by atoms with E-state index in [2.05, 4.69) is 27.1 Å². The number of pyridine rings is 3. The van der Waals surface area contributed by atoms with E-state index in [0.717, 1.165) is 55.7 Å². The summed E-state index contributed by atoms with van der Waals surface area (Å²) in [5.74, 6) is 2.18. The maximum Gasteiger partial charge on any atom is 0.213 e. The van der Waals surface area contributed by atoms with Crippen LogP contribution in [0.5, 0.6) is 11.6 Å². The highest BCUT2D eigenvalue weighted by Crippen LogP contribution is 2.45. The number of ether oxygens (including phenoxy) is 2. The number of rotatable bonds is 7. The molecular formula is C28H25N7O2. The van der Waals surface area contributed by atoms with E-state index in [0.29, 0.717) is 29.3 Å². The average molecular weight is 492 g/mol. The van der Waals surface area contributed by atoms with Crippen molar-refractivity contribution in [1.29, 1.82) is 10.5 Å². The van der Waals surface area contributed by atoms with Crippen LogP contribution in [0.4, 0.5) is 5.82 Å². The molecule has 2 fully saturated rings. The van der Waals surface area contributed by atoms with Gasteiger partial charge in [0.25, 0.3) is 0 Å². The standard InChI is InChI=1S/C28H25N7O2/c29-14-21-16-33-35-17-23(36-19-28(18-30)8-9-28)13-24(27(21)35)20-4-5-25(32-15-20)34-11-6-22(7-12-34)37-26-3-1-2-10-31-26/h1-5,10,13,15-17,22H,6-9,11-12,19H2. The fraction of sp³-hybridized carbons (Fsp3) is 0.321. The fourth-order valence-corrected chi connectivity index (χ4v) is 4.66. The molecule has 0 aromatic carbocycles. The lowest BCUT2D eigenvalue weighted by Crippen LogP contribution is -2.38. The molecule has 37 heavy (non-hydrogen) atoms. The molecule has 2 aliphatic rings. The number of nitriles is 2. The van der Waals surface area contributed by atoms with Gasteiger partial charge in [0.05, 0.1) is 35.0 Å². The second-order valence-electron chi connectivity index (χ2n) is 9.61. The van der Waals surface area contributed by atoms with Crippen molar-refractivity contribution >= 4 is 11.3 Å². The third-order valence-electron chi connectivity index (χ3n) is 7.06. The molecule has 9 nitrogen and oxygen atoms in total. The van der Waals surface area contributed by atoms with Crippen LogP contribution in [0.25, 0.3) is 16.6 Å². The second-order valence-corrected chi connectivity index (χ2v) is 9.61. The predicted octanol–water partition coefficient (Wildman–Crippen LogP) is 4.39. The predicted molar refractivity (Wildman–Crippen MR) is 136 cm³/mol. The summed E-state index contributed by atoms with van der Waals surface area (Å²) in [6.07, 6.45) is 10.5. The number of fused-ring (bicyclic) bond motifs is 1. The Balaban J connectivity index is 1.20. The lowest BCUT2D eigenvalue weighted by molar-refractivity contribution is 0.164. The molecule has 4 aromatic heterocycles. The molecule has 0 N–H and O–H groups in total. The fourth-order valence-electron chi connectivity index (χ4n) is 4.66. The minimum atomic E-state index is -0.379. The normalized spacial score (nSPS) is 16.6. The van der Waals surface area contributed by atoms with E-state index in [1.54, 1.807) is 23.1 Å².